The van der Waals surface area contributed by atoms with Crippen LogP contribution in [0.1, 0.15) is 22.7 Å². The average molecular weight is 282 g/mol. The van der Waals surface area contributed by atoms with Gasteiger partial charge in [0.2, 0.25) is 0 Å². The van der Waals surface area contributed by atoms with Crippen LogP contribution in [0.25, 0.3) is 0 Å². The lowest BCUT2D eigenvalue weighted by Gasteiger charge is -2.30. The Morgan fingerprint density at radius 2 is 1.86 bits per heavy atom. The van der Waals surface area contributed by atoms with Gasteiger partial charge in [0, 0.05) is 32.4 Å². The highest BCUT2D eigenvalue weighted by atomic mass is 15.2. The van der Waals surface area contributed by atoms with Crippen LogP contribution in [0.5, 0.6) is 0 Å². The van der Waals surface area contributed by atoms with Crippen LogP contribution in [0.15, 0.2) is 42.6 Å². The molecule has 4 heteroatoms. The fourth-order valence-corrected chi connectivity index (χ4v) is 2.82. The van der Waals surface area contributed by atoms with Crippen LogP contribution in [0.2, 0.25) is 0 Å². The quantitative estimate of drug-likeness (QED) is 0.902. The van der Waals surface area contributed by atoms with Gasteiger partial charge in [0.15, 0.2) is 0 Å². The number of nitrogens with one attached hydrogen (secondary N) is 1. The maximum Gasteiger partial charge on any atom is 0.131 e. The van der Waals surface area contributed by atoms with Gasteiger partial charge in [-0.3, -0.25) is 0 Å². The molecule has 1 aromatic heterocycles. The van der Waals surface area contributed by atoms with E-state index < -0.39 is 0 Å². The molecule has 1 aliphatic heterocycles. The van der Waals surface area contributed by atoms with Crippen LogP contribution < -0.4 is 16.0 Å². The molecule has 2 heterocycles. The summed E-state index contributed by atoms with van der Waals surface area (Å²) in [5.41, 5.74) is 9.73. The van der Waals surface area contributed by atoms with Crippen molar-refractivity contribution in [2.75, 3.05) is 31.1 Å². The largest absolute Gasteiger partial charge is 0.354 e. The molecule has 3 rings (SSSR count). The molecule has 1 saturated heterocycles. The first-order valence-electron chi connectivity index (χ1n) is 7.48. The Balaban J connectivity index is 1.83. The van der Waals surface area contributed by atoms with E-state index in [1.807, 2.05) is 24.4 Å². The van der Waals surface area contributed by atoms with Gasteiger partial charge in [-0.15, -0.1) is 0 Å². The number of rotatable bonds is 3. The van der Waals surface area contributed by atoms with Gasteiger partial charge in [-0.2, -0.15) is 0 Å². The van der Waals surface area contributed by atoms with Gasteiger partial charge in [0.1, 0.15) is 5.82 Å². The van der Waals surface area contributed by atoms with E-state index >= 15 is 0 Å². The third kappa shape index (κ3) is 3.06. The smallest absolute Gasteiger partial charge is 0.131 e. The summed E-state index contributed by atoms with van der Waals surface area (Å²) in [4.78, 5) is 7.00. The summed E-state index contributed by atoms with van der Waals surface area (Å²) in [5.74, 6) is 1.08. The Morgan fingerprint density at radius 1 is 1.14 bits per heavy atom. The van der Waals surface area contributed by atoms with E-state index in [1.165, 1.54) is 5.56 Å². The van der Waals surface area contributed by atoms with Gasteiger partial charge < -0.3 is 16.0 Å². The number of piperazine rings is 1. The lowest BCUT2D eigenvalue weighted by molar-refractivity contribution is 0.583. The molecule has 1 fully saturated rings. The minimum atomic E-state index is -0.116. The summed E-state index contributed by atoms with van der Waals surface area (Å²) in [6, 6.07) is 12.2. The molecular formula is C17H22N4. The standard InChI is InChI=1S/C17H22N4/c1-13-11-15(16(18)14-5-3-2-4-6-14)12-20-17(13)21-9-7-19-8-10-21/h2-6,11-12,16,19H,7-10,18H2,1H3. The molecule has 0 bridgehead atoms. The number of aromatic nitrogens is 1. The normalized spacial score (nSPS) is 16.8. The van der Waals surface area contributed by atoms with Gasteiger partial charge >= 0.3 is 0 Å². The zero-order valence-corrected chi connectivity index (χ0v) is 12.4. The second-order valence-corrected chi connectivity index (χ2v) is 5.53. The molecule has 21 heavy (non-hydrogen) atoms. The molecular weight excluding hydrogens is 260 g/mol. The van der Waals surface area contributed by atoms with Gasteiger partial charge in [-0.05, 0) is 29.7 Å². The molecule has 1 aliphatic rings. The van der Waals surface area contributed by atoms with Crippen LogP contribution in [0.3, 0.4) is 0 Å². The highest BCUT2D eigenvalue weighted by molar-refractivity contribution is 5.49. The van der Waals surface area contributed by atoms with Crippen LogP contribution in [0, 0.1) is 6.92 Å². The number of hydrogen-bond donors (Lipinski definition) is 2. The number of pyridine rings is 1. The Morgan fingerprint density at radius 3 is 2.52 bits per heavy atom. The minimum Gasteiger partial charge on any atom is -0.354 e. The predicted molar refractivity (Wildman–Crippen MR) is 86.5 cm³/mol. The Kier molecular flexibility index (Phi) is 4.18. The van der Waals surface area contributed by atoms with Crippen LogP contribution >= 0.6 is 0 Å². The Labute approximate surface area is 126 Å². The van der Waals surface area contributed by atoms with Crippen molar-refractivity contribution in [1.82, 2.24) is 10.3 Å². The molecule has 1 unspecified atom stereocenters. The zero-order chi connectivity index (χ0) is 14.7. The summed E-state index contributed by atoms with van der Waals surface area (Å²) >= 11 is 0. The minimum absolute atomic E-state index is 0.116. The molecule has 110 valence electrons. The maximum absolute atomic E-state index is 6.35. The average Bonchev–Trinajstić information content (AvgIpc) is 2.55. The molecule has 0 amide bonds. The number of aryl methyl sites for hydroxylation is 1. The van der Waals surface area contributed by atoms with E-state index in [9.17, 15) is 0 Å². The third-order valence-corrected chi connectivity index (χ3v) is 4.01. The number of hydrogen-bond acceptors (Lipinski definition) is 4. The molecule has 2 aromatic rings. The van der Waals surface area contributed by atoms with E-state index in [2.05, 4.69) is 40.3 Å². The second-order valence-electron chi connectivity index (χ2n) is 5.53. The summed E-state index contributed by atoms with van der Waals surface area (Å²) < 4.78 is 0. The SMILES string of the molecule is Cc1cc(C(N)c2ccccc2)cnc1N1CCNCC1. The number of benzene rings is 1. The summed E-state index contributed by atoms with van der Waals surface area (Å²) in [7, 11) is 0. The van der Waals surface area contributed by atoms with Crippen molar-refractivity contribution in [2.45, 2.75) is 13.0 Å². The van der Waals surface area contributed by atoms with Crippen molar-refractivity contribution < 1.29 is 0 Å². The van der Waals surface area contributed by atoms with E-state index in [1.54, 1.807) is 0 Å². The van der Waals surface area contributed by atoms with E-state index in [0.717, 1.165) is 43.1 Å². The highest BCUT2D eigenvalue weighted by Crippen LogP contribution is 2.24. The van der Waals surface area contributed by atoms with Crippen molar-refractivity contribution in [1.29, 1.82) is 0 Å². The second kappa shape index (κ2) is 6.24. The Bertz CT molecular complexity index is 591. The summed E-state index contributed by atoms with van der Waals surface area (Å²) in [6.45, 7) is 6.18. The molecule has 0 saturated carbocycles. The summed E-state index contributed by atoms with van der Waals surface area (Å²) in [6.07, 6.45) is 1.92. The summed E-state index contributed by atoms with van der Waals surface area (Å²) in [5, 5.41) is 3.37. The van der Waals surface area contributed by atoms with Crippen molar-refractivity contribution in [3.8, 4) is 0 Å². The molecule has 1 atom stereocenters. The third-order valence-electron chi connectivity index (χ3n) is 4.01. The van der Waals surface area contributed by atoms with Gasteiger partial charge in [-0.1, -0.05) is 30.3 Å². The van der Waals surface area contributed by atoms with Crippen LogP contribution in [-0.4, -0.2) is 31.2 Å². The first-order chi connectivity index (χ1) is 10.3. The van der Waals surface area contributed by atoms with Crippen molar-refractivity contribution in [3.63, 3.8) is 0 Å². The van der Waals surface area contributed by atoms with Crippen molar-refractivity contribution in [3.05, 3.63) is 59.3 Å². The number of nitrogens with zero attached hydrogens (tertiary/aromatic N) is 2. The number of anilines is 1. The molecule has 0 radical (unpaired) electrons. The van der Waals surface area contributed by atoms with Gasteiger partial charge in [-0.25, -0.2) is 4.98 Å². The van der Waals surface area contributed by atoms with Crippen LogP contribution in [-0.2, 0) is 0 Å². The maximum atomic E-state index is 6.35. The first-order valence-corrected chi connectivity index (χ1v) is 7.48. The highest BCUT2D eigenvalue weighted by Gasteiger charge is 2.16. The monoisotopic (exact) mass is 282 g/mol. The molecule has 0 aliphatic carbocycles. The van der Waals surface area contributed by atoms with E-state index in [4.69, 9.17) is 5.73 Å². The van der Waals surface area contributed by atoms with E-state index in [0.29, 0.717) is 0 Å². The molecule has 1 aromatic carbocycles. The molecule has 4 nitrogen and oxygen atoms in total. The topological polar surface area (TPSA) is 54.2 Å². The predicted octanol–water partition coefficient (Wildman–Crippen LogP) is 1.85. The lowest BCUT2D eigenvalue weighted by atomic mass is 10.00. The molecule has 3 N–H and O–H groups in total. The van der Waals surface area contributed by atoms with Crippen molar-refractivity contribution >= 4 is 5.82 Å². The van der Waals surface area contributed by atoms with Crippen molar-refractivity contribution in [2.24, 2.45) is 5.73 Å². The first kappa shape index (κ1) is 14.0. The van der Waals surface area contributed by atoms with Crippen LogP contribution in [0.4, 0.5) is 5.82 Å². The van der Waals surface area contributed by atoms with Gasteiger partial charge in [0.25, 0.3) is 0 Å². The Hall–Kier alpha value is -1.91. The number of nitrogens with two attached hydrogens (primary N) is 1. The van der Waals surface area contributed by atoms with Gasteiger partial charge in [0.05, 0.1) is 6.04 Å². The zero-order valence-electron chi connectivity index (χ0n) is 12.4. The fraction of sp³-hybridized carbons (Fsp3) is 0.353. The fourth-order valence-electron chi connectivity index (χ4n) is 2.82. The lowest BCUT2D eigenvalue weighted by Crippen LogP contribution is -2.44. The van der Waals surface area contributed by atoms with E-state index in [-0.39, 0.29) is 6.04 Å². The molecule has 0 spiro atoms.